The molecule has 132 valence electrons. The summed E-state index contributed by atoms with van der Waals surface area (Å²) in [6.07, 6.45) is -1.19. The summed E-state index contributed by atoms with van der Waals surface area (Å²) in [7, 11) is 0.878. The van der Waals surface area contributed by atoms with Crippen molar-refractivity contribution in [2.75, 3.05) is 20.4 Å². The summed E-state index contributed by atoms with van der Waals surface area (Å²) in [5.41, 5.74) is -4.06. The Morgan fingerprint density at radius 2 is 1.50 bits per heavy atom. The molecule has 0 bridgehead atoms. The Labute approximate surface area is 137 Å². The lowest BCUT2D eigenvalue weighted by molar-refractivity contribution is -0.359. The third-order valence-electron chi connectivity index (χ3n) is 6.11. The molecule has 1 aliphatic rings. The number of hydrogen-bond donors (Lipinski definition) is 0. The van der Waals surface area contributed by atoms with Gasteiger partial charge in [0.15, 0.2) is 0 Å². The van der Waals surface area contributed by atoms with Crippen LogP contribution in [-0.2, 0) is 14.0 Å². The summed E-state index contributed by atoms with van der Waals surface area (Å²) in [5.74, 6) is 0. The second-order valence-electron chi connectivity index (χ2n) is 8.45. The van der Waals surface area contributed by atoms with E-state index in [1.165, 1.54) is 0 Å². The standard InChI is InChI=1S/C17H34FO3P/c1-13(2)12(18)16(7,21-22(10)11)17(8,15(5,6)19-9)20-14(13,3)4/h12H,1-11H3/t12-,16-,17+/m0/s1. The number of ether oxygens (including phenoxy) is 2. The lowest BCUT2D eigenvalue weighted by atomic mass is 9.58. The molecule has 0 aromatic carbocycles. The molecule has 0 aromatic rings. The SMILES string of the molecule is COC(C)(C)[C@@]1(C)OC(C)(C)C(C)(C)[C@H](F)[C@]1(C)OP(C)C. The fourth-order valence-corrected chi connectivity index (χ4v) is 4.43. The number of halogens is 1. The Kier molecular flexibility index (Phi) is 5.21. The van der Waals surface area contributed by atoms with Crippen LogP contribution in [0.4, 0.5) is 4.39 Å². The van der Waals surface area contributed by atoms with Crippen LogP contribution in [0.3, 0.4) is 0 Å². The molecule has 1 rings (SSSR count). The Morgan fingerprint density at radius 3 is 1.86 bits per heavy atom. The van der Waals surface area contributed by atoms with Crippen molar-refractivity contribution in [3.05, 3.63) is 0 Å². The highest BCUT2D eigenvalue weighted by Crippen LogP contribution is 2.60. The summed E-state index contributed by atoms with van der Waals surface area (Å²) in [5, 5.41) is 0. The fourth-order valence-electron chi connectivity index (χ4n) is 3.41. The molecule has 0 spiro atoms. The third-order valence-corrected chi connectivity index (χ3v) is 6.85. The van der Waals surface area contributed by atoms with Crippen molar-refractivity contribution in [3.8, 4) is 0 Å². The predicted octanol–water partition coefficient (Wildman–Crippen LogP) is 4.78. The van der Waals surface area contributed by atoms with Gasteiger partial charge in [-0.3, -0.25) is 0 Å². The van der Waals surface area contributed by atoms with E-state index >= 15 is 4.39 Å². The van der Waals surface area contributed by atoms with Gasteiger partial charge in [0.25, 0.3) is 0 Å². The van der Waals surface area contributed by atoms with Crippen LogP contribution in [0.15, 0.2) is 0 Å². The van der Waals surface area contributed by atoms with Gasteiger partial charge in [-0.2, -0.15) is 0 Å². The third kappa shape index (κ3) is 2.64. The maximum absolute atomic E-state index is 15.8. The quantitative estimate of drug-likeness (QED) is 0.692. The fraction of sp³-hybridized carbons (Fsp3) is 1.00. The summed E-state index contributed by atoms with van der Waals surface area (Å²) in [6, 6.07) is 0. The first-order chi connectivity index (χ1) is 9.59. The van der Waals surface area contributed by atoms with Crippen molar-refractivity contribution < 1.29 is 18.4 Å². The zero-order valence-electron chi connectivity index (χ0n) is 16.1. The minimum atomic E-state index is -1.19. The highest BCUT2D eigenvalue weighted by Gasteiger charge is 2.71. The van der Waals surface area contributed by atoms with E-state index < -0.39 is 42.1 Å². The molecule has 1 heterocycles. The second-order valence-corrected chi connectivity index (χ2v) is 10.3. The molecule has 0 radical (unpaired) electrons. The smallest absolute Gasteiger partial charge is 0.140 e. The Bertz CT molecular complexity index is 422. The molecular weight excluding hydrogens is 302 g/mol. The highest BCUT2D eigenvalue weighted by molar-refractivity contribution is 7.50. The van der Waals surface area contributed by atoms with Crippen molar-refractivity contribution >= 4 is 8.15 Å². The van der Waals surface area contributed by atoms with Crippen molar-refractivity contribution in [2.24, 2.45) is 5.41 Å². The van der Waals surface area contributed by atoms with Gasteiger partial charge in [0.1, 0.15) is 17.4 Å². The molecule has 1 aliphatic heterocycles. The van der Waals surface area contributed by atoms with Crippen molar-refractivity contribution in [2.45, 2.75) is 84.0 Å². The summed E-state index contributed by atoms with van der Waals surface area (Å²) >= 11 is 0. The van der Waals surface area contributed by atoms with Gasteiger partial charge in [0.05, 0.1) is 11.2 Å². The molecular formula is C17H34FO3P. The molecule has 22 heavy (non-hydrogen) atoms. The largest absolute Gasteiger partial charge is 0.376 e. The van der Waals surface area contributed by atoms with E-state index in [-0.39, 0.29) is 0 Å². The van der Waals surface area contributed by atoms with Gasteiger partial charge in [-0.15, -0.1) is 0 Å². The van der Waals surface area contributed by atoms with Crippen LogP contribution in [0.5, 0.6) is 0 Å². The van der Waals surface area contributed by atoms with Crippen molar-refractivity contribution in [1.82, 2.24) is 0 Å². The van der Waals surface area contributed by atoms with Crippen LogP contribution < -0.4 is 0 Å². The molecule has 1 saturated heterocycles. The Morgan fingerprint density at radius 1 is 1.05 bits per heavy atom. The molecule has 0 saturated carbocycles. The van der Waals surface area contributed by atoms with E-state index in [1.54, 1.807) is 7.11 Å². The molecule has 5 heteroatoms. The van der Waals surface area contributed by atoms with Crippen LogP contribution in [0.1, 0.15) is 55.4 Å². The molecule has 3 atom stereocenters. The van der Waals surface area contributed by atoms with Gasteiger partial charge >= 0.3 is 0 Å². The summed E-state index contributed by atoms with van der Waals surface area (Å²) in [6.45, 7) is 19.3. The van der Waals surface area contributed by atoms with Crippen molar-refractivity contribution in [1.29, 1.82) is 0 Å². The van der Waals surface area contributed by atoms with Crippen LogP contribution >= 0.6 is 8.15 Å². The minimum absolute atomic E-state index is 0.649. The zero-order chi connectivity index (χ0) is 17.8. The van der Waals surface area contributed by atoms with E-state index in [1.807, 2.05) is 68.7 Å². The van der Waals surface area contributed by atoms with E-state index in [0.717, 1.165) is 0 Å². The van der Waals surface area contributed by atoms with E-state index in [0.29, 0.717) is 0 Å². The first kappa shape index (κ1) is 20.3. The molecule has 3 nitrogen and oxygen atoms in total. The maximum atomic E-state index is 15.8. The molecule has 0 N–H and O–H groups in total. The van der Waals surface area contributed by atoms with Gasteiger partial charge in [0, 0.05) is 20.7 Å². The average Bonchev–Trinajstić information content (AvgIpc) is 2.34. The molecule has 1 fully saturated rings. The van der Waals surface area contributed by atoms with Gasteiger partial charge in [-0.25, -0.2) is 4.39 Å². The van der Waals surface area contributed by atoms with E-state index in [2.05, 4.69) is 0 Å². The number of methoxy groups -OCH3 is 1. The lowest BCUT2D eigenvalue weighted by Crippen LogP contribution is -2.78. The number of hydrogen-bond acceptors (Lipinski definition) is 3. The van der Waals surface area contributed by atoms with Crippen LogP contribution in [0, 0.1) is 5.41 Å². The number of alkyl halides is 1. The topological polar surface area (TPSA) is 27.7 Å². The second kappa shape index (κ2) is 5.65. The molecule has 0 unspecified atom stereocenters. The average molecular weight is 336 g/mol. The molecule has 0 aliphatic carbocycles. The van der Waals surface area contributed by atoms with E-state index in [9.17, 15) is 0 Å². The Hall–Kier alpha value is 0.240. The molecule has 0 amide bonds. The van der Waals surface area contributed by atoms with Crippen LogP contribution in [0.25, 0.3) is 0 Å². The summed E-state index contributed by atoms with van der Waals surface area (Å²) < 4.78 is 34.2. The summed E-state index contributed by atoms with van der Waals surface area (Å²) in [4.78, 5) is 0. The van der Waals surface area contributed by atoms with Gasteiger partial charge in [-0.05, 0) is 54.9 Å². The Balaban J connectivity index is 3.58. The van der Waals surface area contributed by atoms with E-state index in [4.69, 9.17) is 14.0 Å². The monoisotopic (exact) mass is 336 g/mol. The van der Waals surface area contributed by atoms with Crippen molar-refractivity contribution in [3.63, 3.8) is 0 Å². The first-order valence-corrected chi connectivity index (χ1v) is 10.0. The predicted molar refractivity (Wildman–Crippen MR) is 91.6 cm³/mol. The molecule has 0 aromatic heterocycles. The first-order valence-electron chi connectivity index (χ1n) is 7.85. The minimum Gasteiger partial charge on any atom is -0.376 e. The normalized spacial score (nSPS) is 38.3. The zero-order valence-corrected chi connectivity index (χ0v) is 17.0. The highest BCUT2D eigenvalue weighted by atomic mass is 31.1. The lowest BCUT2D eigenvalue weighted by Gasteiger charge is -2.66. The number of rotatable bonds is 4. The van der Waals surface area contributed by atoms with Crippen LogP contribution in [-0.4, -0.2) is 49.0 Å². The van der Waals surface area contributed by atoms with Gasteiger partial charge in [-0.1, -0.05) is 13.8 Å². The van der Waals surface area contributed by atoms with Gasteiger partial charge < -0.3 is 14.0 Å². The van der Waals surface area contributed by atoms with Crippen LogP contribution in [0.2, 0.25) is 0 Å². The maximum Gasteiger partial charge on any atom is 0.140 e. The van der Waals surface area contributed by atoms with Gasteiger partial charge in [0.2, 0.25) is 0 Å².